The van der Waals surface area contributed by atoms with Gasteiger partial charge < -0.3 is 15.8 Å². The third kappa shape index (κ3) is 4.85. The molecule has 0 heterocycles. The summed E-state index contributed by atoms with van der Waals surface area (Å²) in [6.07, 6.45) is 0.869. The van der Waals surface area contributed by atoms with Crippen molar-refractivity contribution in [3.05, 3.63) is 29.3 Å². The minimum atomic E-state index is -0.211. The van der Waals surface area contributed by atoms with Crippen molar-refractivity contribution in [2.75, 3.05) is 6.61 Å². The predicted octanol–water partition coefficient (Wildman–Crippen LogP) is 2.70. The Labute approximate surface area is 121 Å². The quantitative estimate of drug-likeness (QED) is 0.841. The van der Waals surface area contributed by atoms with Crippen molar-refractivity contribution in [3.8, 4) is 5.75 Å². The minimum absolute atomic E-state index is 0.00655. The molecular formula is C16H26N2O2. The highest BCUT2D eigenvalue weighted by Gasteiger charge is 2.18. The molecule has 1 aromatic rings. The fraction of sp³-hybridized carbons (Fsp3) is 0.562. The fourth-order valence-corrected chi connectivity index (χ4v) is 1.79. The van der Waals surface area contributed by atoms with Crippen molar-refractivity contribution in [2.24, 2.45) is 5.73 Å². The van der Waals surface area contributed by atoms with Gasteiger partial charge in [0.1, 0.15) is 5.75 Å². The van der Waals surface area contributed by atoms with Gasteiger partial charge in [-0.1, -0.05) is 19.1 Å². The third-order valence-electron chi connectivity index (χ3n) is 3.38. The zero-order valence-corrected chi connectivity index (χ0v) is 13.1. The molecule has 0 saturated carbocycles. The number of hydrogen-bond donors (Lipinski definition) is 2. The number of rotatable bonds is 6. The van der Waals surface area contributed by atoms with E-state index >= 15 is 0 Å². The van der Waals surface area contributed by atoms with Gasteiger partial charge in [0.2, 0.25) is 0 Å². The van der Waals surface area contributed by atoms with Crippen LogP contribution in [0.25, 0.3) is 0 Å². The second-order valence-electron chi connectivity index (χ2n) is 5.90. The van der Waals surface area contributed by atoms with E-state index in [1.165, 1.54) is 0 Å². The summed E-state index contributed by atoms with van der Waals surface area (Å²) in [5, 5.41) is 2.94. The SMILES string of the molecule is CCC(C)(C)NC(=O)COc1cc(C)ccc1C(C)N. The normalized spacial score (nSPS) is 12.9. The molecule has 0 fully saturated rings. The Hall–Kier alpha value is -1.55. The molecule has 3 N–H and O–H groups in total. The van der Waals surface area contributed by atoms with Crippen LogP contribution in [-0.4, -0.2) is 18.1 Å². The Morgan fingerprint density at radius 3 is 2.65 bits per heavy atom. The number of carbonyl (C=O) groups is 1. The highest BCUT2D eigenvalue weighted by Crippen LogP contribution is 2.25. The number of nitrogens with one attached hydrogen (secondary N) is 1. The summed E-state index contributed by atoms with van der Waals surface area (Å²) in [6.45, 7) is 9.91. The molecule has 1 amide bonds. The molecule has 4 heteroatoms. The van der Waals surface area contributed by atoms with E-state index in [1.54, 1.807) is 0 Å². The van der Waals surface area contributed by atoms with Crippen LogP contribution >= 0.6 is 0 Å². The Kier molecular flexibility index (Phi) is 5.57. The van der Waals surface area contributed by atoms with Crippen LogP contribution in [0.15, 0.2) is 18.2 Å². The molecule has 0 radical (unpaired) electrons. The van der Waals surface area contributed by atoms with Gasteiger partial charge in [-0.2, -0.15) is 0 Å². The van der Waals surface area contributed by atoms with E-state index in [-0.39, 0.29) is 24.1 Å². The topological polar surface area (TPSA) is 64.3 Å². The van der Waals surface area contributed by atoms with Gasteiger partial charge >= 0.3 is 0 Å². The number of nitrogens with two attached hydrogens (primary N) is 1. The van der Waals surface area contributed by atoms with E-state index in [1.807, 2.05) is 52.8 Å². The van der Waals surface area contributed by atoms with Crippen LogP contribution in [0.5, 0.6) is 5.75 Å². The zero-order valence-electron chi connectivity index (χ0n) is 13.1. The van der Waals surface area contributed by atoms with E-state index in [0.717, 1.165) is 17.5 Å². The first-order chi connectivity index (χ1) is 9.25. The van der Waals surface area contributed by atoms with Crippen LogP contribution in [-0.2, 0) is 4.79 Å². The maximum atomic E-state index is 11.9. The lowest BCUT2D eigenvalue weighted by Crippen LogP contribution is -2.44. The Morgan fingerprint density at radius 1 is 1.45 bits per heavy atom. The van der Waals surface area contributed by atoms with Gasteiger partial charge in [-0.3, -0.25) is 4.79 Å². The largest absolute Gasteiger partial charge is 0.483 e. The van der Waals surface area contributed by atoms with Gasteiger partial charge in [0.05, 0.1) is 0 Å². The van der Waals surface area contributed by atoms with Crippen LogP contribution in [0.2, 0.25) is 0 Å². The van der Waals surface area contributed by atoms with Crippen LogP contribution < -0.4 is 15.8 Å². The van der Waals surface area contributed by atoms with Crippen molar-refractivity contribution in [1.82, 2.24) is 5.32 Å². The van der Waals surface area contributed by atoms with Gasteiger partial charge in [-0.25, -0.2) is 0 Å². The first-order valence-corrected chi connectivity index (χ1v) is 7.05. The van der Waals surface area contributed by atoms with Gasteiger partial charge in [-0.15, -0.1) is 0 Å². The molecule has 1 aromatic carbocycles. The lowest BCUT2D eigenvalue weighted by molar-refractivity contribution is -0.124. The lowest BCUT2D eigenvalue weighted by atomic mass is 10.0. The summed E-state index contributed by atoms with van der Waals surface area (Å²) >= 11 is 0. The number of amides is 1. The summed E-state index contributed by atoms with van der Waals surface area (Å²) in [6, 6.07) is 5.73. The van der Waals surface area contributed by atoms with Crippen molar-refractivity contribution < 1.29 is 9.53 Å². The molecule has 0 saturated heterocycles. The maximum Gasteiger partial charge on any atom is 0.258 e. The number of aryl methyl sites for hydroxylation is 1. The van der Waals surface area contributed by atoms with Crippen LogP contribution in [0.1, 0.15) is 51.3 Å². The Bertz CT molecular complexity index is 468. The van der Waals surface area contributed by atoms with Gasteiger partial charge in [0, 0.05) is 17.1 Å². The summed E-state index contributed by atoms with van der Waals surface area (Å²) in [5.41, 5.74) is 7.70. The number of ether oxygens (including phenoxy) is 1. The van der Waals surface area contributed by atoms with Crippen molar-refractivity contribution >= 4 is 5.91 Å². The predicted molar refractivity (Wildman–Crippen MR) is 81.8 cm³/mol. The Morgan fingerprint density at radius 2 is 2.10 bits per heavy atom. The first kappa shape index (κ1) is 16.5. The number of hydrogen-bond acceptors (Lipinski definition) is 3. The molecule has 0 aliphatic rings. The van der Waals surface area contributed by atoms with Crippen molar-refractivity contribution in [3.63, 3.8) is 0 Å². The summed E-state index contributed by atoms with van der Waals surface area (Å²) in [7, 11) is 0. The molecule has 0 spiro atoms. The molecule has 0 aliphatic carbocycles. The number of benzene rings is 1. The fourth-order valence-electron chi connectivity index (χ4n) is 1.79. The van der Waals surface area contributed by atoms with E-state index in [0.29, 0.717) is 5.75 Å². The summed E-state index contributed by atoms with van der Waals surface area (Å²) < 4.78 is 5.64. The average Bonchev–Trinajstić information content (AvgIpc) is 2.35. The van der Waals surface area contributed by atoms with E-state index in [2.05, 4.69) is 5.32 Å². The molecule has 1 rings (SSSR count). The summed E-state index contributed by atoms with van der Waals surface area (Å²) in [4.78, 5) is 11.9. The van der Waals surface area contributed by atoms with Gasteiger partial charge in [0.25, 0.3) is 5.91 Å². The zero-order chi connectivity index (χ0) is 15.3. The number of carbonyl (C=O) groups excluding carboxylic acids is 1. The standard InChI is InChI=1S/C16H26N2O2/c1-6-16(4,5)18-15(19)10-20-14-9-11(2)7-8-13(14)12(3)17/h7-9,12H,6,10,17H2,1-5H3,(H,18,19). The summed E-state index contributed by atoms with van der Waals surface area (Å²) in [5.74, 6) is 0.568. The molecule has 20 heavy (non-hydrogen) atoms. The smallest absolute Gasteiger partial charge is 0.258 e. The maximum absolute atomic E-state index is 11.9. The minimum Gasteiger partial charge on any atom is -0.483 e. The molecule has 1 atom stereocenters. The van der Waals surface area contributed by atoms with Crippen LogP contribution in [0, 0.1) is 6.92 Å². The lowest BCUT2D eigenvalue weighted by Gasteiger charge is -2.24. The molecular weight excluding hydrogens is 252 g/mol. The molecule has 0 bridgehead atoms. The van der Waals surface area contributed by atoms with Crippen LogP contribution in [0.4, 0.5) is 0 Å². The molecule has 0 aliphatic heterocycles. The first-order valence-electron chi connectivity index (χ1n) is 7.05. The average molecular weight is 278 g/mol. The highest BCUT2D eigenvalue weighted by molar-refractivity contribution is 5.78. The van der Waals surface area contributed by atoms with Gasteiger partial charge in [-0.05, 0) is 45.7 Å². The molecule has 4 nitrogen and oxygen atoms in total. The van der Waals surface area contributed by atoms with E-state index < -0.39 is 0 Å². The Balaban J connectivity index is 2.70. The van der Waals surface area contributed by atoms with E-state index in [9.17, 15) is 4.79 Å². The van der Waals surface area contributed by atoms with Crippen LogP contribution in [0.3, 0.4) is 0 Å². The highest BCUT2D eigenvalue weighted by atomic mass is 16.5. The van der Waals surface area contributed by atoms with Gasteiger partial charge in [0.15, 0.2) is 6.61 Å². The third-order valence-corrected chi connectivity index (χ3v) is 3.38. The molecule has 0 aromatic heterocycles. The van der Waals surface area contributed by atoms with E-state index in [4.69, 9.17) is 10.5 Å². The second kappa shape index (κ2) is 6.75. The molecule has 112 valence electrons. The molecule has 1 unspecified atom stereocenters. The monoisotopic (exact) mass is 278 g/mol. The second-order valence-corrected chi connectivity index (χ2v) is 5.90. The van der Waals surface area contributed by atoms with Crippen molar-refractivity contribution in [1.29, 1.82) is 0 Å². The van der Waals surface area contributed by atoms with Crippen molar-refractivity contribution in [2.45, 2.75) is 52.6 Å².